The molecule has 0 aliphatic carbocycles. The maximum absolute atomic E-state index is 12.8. The van der Waals surface area contributed by atoms with E-state index in [4.69, 9.17) is 0 Å². The van der Waals surface area contributed by atoms with Gasteiger partial charge in [-0.25, -0.2) is 5.01 Å². The molecule has 0 bridgehead atoms. The Balaban J connectivity index is 1.91. The molecule has 24 heavy (non-hydrogen) atoms. The van der Waals surface area contributed by atoms with Crippen LogP contribution in [0, 0.1) is 6.07 Å². The first-order valence-electron chi connectivity index (χ1n) is 7.47. The number of hydrazine groups is 1. The highest BCUT2D eigenvalue weighted by molar-refractivity contribution is 6.09. The normalized spacial score (nSPS) is 10.0. The van der Waals surface area contributed by atoms with Crippen molar-refractivity contribution in [2.45, 2.75) is 0 Å². The van der Waals surface area contributed by atoms with E-state index in [-0.39, 0.29) is 11.8 Å². The van der Waals surface area contributed by atoms with Gasteiger partial charge in [-0.1, -0.05) is 48.5 Å². The van der Waals surface area contributed by atoms with E-state index >= 15 is 0 Å². The molecule has 1 N–H and O–H groups in total. The van der Waals surface area contributed by atoms with Crippen LogP contribution in [-0.4, -0.2) is 11.8 Å². The maximum Gasteiger partial charge on any atom is 0.277 e. The van der Waals surface area contributed by atoms with Crippen LogP contribution >= 0.6 is 0 Å². The van der Waals surface area contributed by atoms with Gasteiger partial charge in [0.1, 0.15) is 0 Å². The second kappa shape index (κ2) is 7.24. The van der Waals surface area contributed by atoms with Crippen molar-refractivity contribution in [3.63, 3.8) is 0 Å². The highest BCUT2D eigenvalue weighted by Crippen LogP contribution is 2.15. The van der Waals surface area contributed by atoms with E-state index in [9.17, 15) is 9.59 Å². The van der Waals surface area contributed by atoms with Crippen molar-refractivity contribution < 1.29 is 9.59 Å². The average Bonchev–Trinajstić information content (AvgIpc) is 2.67. The molecule has 3 aromatic carbocycles. The molecule has 0 unspecified atom stereocenters. The van der Waals surface area contributed by atoms with Crippen LogP contribution in [0.5, 0.6) is 0 Å². The summed E-state index contributed by atoms with van der Waals surface area (Å²) in [5, 5.41) is 1.25. The number of nitrogens with zero attached hydrogens (tertiary/aromatic N) is 1. The molecule has 2 amide bonds. The number of nitrogens with one attached hydrogen (secondary N) is 1. The molecular formula is C20H15N2O2. The molecule has 4 heteroatoms. The summed E-state index contributed by atoms with van der Waals surface area (Å²) in [4.78, 5) is 25.3. The van der Waals surface area contributed by atoms with Gasteiger partial charge < -0.3 is 0 Å². The highest BCUT2D eigenvalue weighted by atomic mass is 16.2. The van der Waals surface area contributed by atoms with E-state index in [2.05, 4.69) is 11.5 Å². The molecule has 0 spiro atoms. The third-order valence-corrected chi connectivity index (χ3v) is 3.43. The minimum Gasteiger partial charge on any atom is -0.267 e. The van der Waals surface area contributed by atoms with Crippen molar-refractivity contribution in [3.05, 3.63) is 102 Å². The molecule has 0 aliphatic heterocycles. The lowest BCUT2D eigenvalue weighted by atomic mass is 10.2. The molecular weight excluding hydrogens is 300 g/mol. The van der Waals surface area contributed by atoms with Crippen molar-refractivity contribution in [2.24, 2.45) is 0 Å². The Morgan fingerprint density at radius 1 is 0.750 bits per heavy atom. The van der Waals surface area contributed by atoms with Gasteiger partial charge in [0, 0.05) is 11.1 Å². The number of hydrogen-bond donors (Lipinski definition) is 1. The van der Waals surface area contributed by atoms with Crippen LogP contribution in [0.1, 0.15) is 20.7 Å². The van der Waals surface area contributed by atoms with E-state index in [1.165, 1.54) is 5.01 Å². The van der Waals surface area contributed by atoms with Crippen molar-refractivity contribution in [2.75, 3.05) is 5.01 Å². The quantitative estimate of drug-likeness (QED) is 0.752. The lowest BCUT2D eigenvalue weighted by Crippen LogP contribution is -2.46. The zero-order chi connectivity index (χ0) is 16.8. The Hall–Kier alpha value is -3.40. The Labute approximate surface area is 140 Å². The van der Waals surface area contributed by atoms with Gasteiger partial charge in [-0.2, -0.15) is 0 Å². The number of carbonyl (C=O) groups is 2. The van der Waals surface area contributed by atoms with Gasteiger partial charge in [0.15, 0.2) is 0 Å². The van der Waals surface area contributed by atoms with E-state index in [0.717, 1.165) is 0 Å². The topological polar surface area (TPSA) is 49.4 Å². The lowest BCUT2D eigenvalue weighted by Gasteiger charge is -2.23. The SMILES string of the molecule is O=C(NN(C(=O)c1ccccc1)c1cc[c]cc1)c1ccccc1. The first kappa shape index (κ1) is 15.5. The first-order chi connectivity index (χ1) is 11.8. The van der Waals surface area contributed by atoms with Crippen LogP contribution in [-0.2, 0) is 0 Å². The molecule has 1 radical (unpaired) electrons. The van der Waals surface area contributed by atoms with Crippen molar-refractivity contribution in [1.29, 1.82) is 0 Å². The summed E-state index contributed by atoms with van der Waals surface area (Å²) in [5.74, 6) is -0.668. The molecule has 3 rings (SSSR count). The summed E-state index contributed by atoms with van der Waals surface area (Å²) < 4.78 is 0. The highest BCUT2D eigenvalue weighted by Gasteiger charge is 2.20. The molecule has 0 fully saturated rings. The minimum atomic E-state index is -0.354. The fourth-order valence-corrected chi connectivity index (χ4v) is 2.23. The van der Waals surface area contributed by atoms with Crippen LogP contribution in [0.3, 0.4) is 0 Å². The lowest BCUT2D eigenvalue weighted by molar-refractivity contribution is 0.0887. The summed E-state index contributed by atoms with van der Waals surface area (Å²) >= 11 is 0. The van der Waals surface area contributed by atoms with Gasteiger partial charge in [-0.3, -0.25) is 15.0 Å². The zero-order valence-electron chi connectivity index (χ0n) is 12.8. The number of anilines is 1. The van der Waals surface area contributed by atoms with Crippen LogP contribution < -0.4 is 10.4 Å². The second-order valence-corrected chi connectivity index (χ2v) is 5.07. The fraction of sp³-hybridized carbons (Fsp3) is 0. The van der Waals surface area contributed by atoms with E-state index in [0.29, 0.717) is 16.8 Å². The largest absolute Gasteiger partial charge is 0.277 e. The smallest absolute Gasteiger partial charge is 0.267 e. The predicted octanol–water partition coefficient (Wildman–Crippen LogP) is 3.48. The standard InChI is InChI=1S/C20H15N2O2/c23-19(16-10-4-1-5-11-16)21-22(18-14-8-3-9-15-18)20(24)17-12-6-2-7-13-17/h1-2,4-15H,(H,21,23). The molecule has 0 aromatic heterocycles. The van der Waals surface area contributed by atoms with Crippen LogP contribution in [0.2, 0.25) is 0 Å². The Bertz CT molecular complexity index is 818. The molecule has 0 saturated carbocycles. The third-order valence-electron chi connectivity index (χ3n) is 3.43. The molecule has 0 heterocycles. The molecule has 4 nitrogen and oxygen atoms in total. The summed E-state index contributed by atoms with van der Waals surface area (Å²) in [6, 6.07) is 27.3. The molecule has 3 aromatic rings. The third kappa shape index (κ3) is 3.50. The monoisotopic (exact) mass is 315 g/mol. The van der Waals surface area contributed by atoms with Crippen LogP contribution in [0.25, 0.3) is 0 Å². The number of rotatable bonds is 3. The Morgan fingerprint density at radius 3 is 1.88 bits per heavy atom. The van der Waals surface area contributed by atoms with Crippen LogP contribution in [0.4, 0.5) is 5.69 Å². The van der Waals surface area contributed by atoms with Crippen molar-refractivity contribution in [1.82, 2.24) is 5.43 Å². The number of carbonyl (C=O) groups excluding carboxylic acids is 2. The van der Waals surface area contributed by atoms with E-state index in [1.54, 1.807) is 72.8 Å². The van der Waals surface area contributed by atoms with Gasteiger partial charge >= 0.3 is 0 Å². The fourth-order valence-electron chi connectivity index (χ4n) is 2.23. The van der Waals surface area contributed by atoms with Gasteiger partial charge in [-0.05, 0) is 42.5 Å². The summed E-state index contributed by atoms with van der Waals surface area (Å²) in [7, 11) is 0. The Morgan fingerprint density at radius 2 is 1.29 bits per heavy atom. The summed E-state index contributed by atoms with van der Waals surface area (Å²) in [6.45, 7) is 0. The molecule has 0 atom stereocenters. The van der Waals surface area contributed by atoms with Gasteiger partial charge in [-0.15, -0.1) is 0 Å². The maximum atomic E-state index is 12.8. The van der Waals surface area contributed by atoms with Gasteiger partial charge in [0.2, 0.25) is 0 Å². The summed E-state index contributed by atoms with van der Waals surface area (Å²) in [5.41, 5.74) is 4.20. The molecule has 117 valence electrons. The molecule has 0 saturated heterocycles. The minimum absolute atomic E-state index is 0.314. The van der Waals surface area contributed by atoms with Gasteiger partial charge in [0.05, 0.1) is 5.69 Å². The van der Waals surface area contributed by atoms with Crippen molar-refractivity contribution in [3.8, 4) is 0 Å². The average molecular weight is 315 g/mol. The van der Waals surface area contributed by atoms with E-state index < -0.39 is 0 Å². The van der Waals surface area contributed by atoms with Crippen LogP contribution in [0.15, 0.2) is 84.9 Å². The number of benzene rings is 3. The number of hydrogen-bond acceptors (Lipinski definition) is 2. The predicted molar refractivity (Wildman–Crippen MR) is 92.4 cm³/mol. The summed E-state index contributed by atoms with van der Waals surface area (Å²) in [6.07, 6.45) is 0. The molecule has 0 aliphatic rings. The van der Waals surface area contributed by atoms with Gasteiger partial charge in [0.25, 0.3) is 11.8 Å². The van der Waals surface area contributed by atoms with E-state index in [1.807, 2.05) is 12.1 Å². The zero-order valence-corrected chi connectivity index (χ0v) is 12.8. The Kier molecular flexibility index (Phi) is 4.68. The number of amides is 2. The van der Waals surface area contributed by atoms with Crippen molar-refractivity contribution >= 4 is 17.5 Å². The second-order valence-electron chi connectivity index (χ2n) is 5.07. The first-order valence-corrected chi connectivity index (χ1v) is 7.47.